The highest BCUT2D eigenvalue weighted by Crippen LogP contribution is 2.40. The van der Waals surface area contributed by atoms with Crippen molar-refractivity contribution in [2.75, 3.05) is 39.2 Å². The van der Waals surface area contributed by atoms with E-state index < -0.39 is 12.0 Å². The number of piperazine rings is 1. The Kier molecular flexibility index (Phi) is 5.90. The number of rotatable bonds is 3. The van der Waals surface area contributed by atoms with Crippen LogP contribution < -0.4 is 9.64 Å². The quantitative estimate of drug-likeness (QED) is 0.559. The van der Waals surface area contributed by atoms with Crippen molar-refractivity contribution in [3.05, 3.63) is 71.3 Å². The van der Waals surface area contributed by atoms with Crippen molar-refractivity contribution >= 4 is 23.1 Å². The first kappa shape index (κ1) is 23.5. The zero-order chi connectivity index (χ0) is 25.6. The number of aliphatic imine (C=N–C) groups is 1. The molecule has 3 aromatic rings. The van der Waals surface area contributed by atoms with Crippen LogP contribution >= 0.6 is 0 Å². The molecule has 1 unspecified atom stereocenters. The number of carbonyl (C=O) groups excluding carboxylic acids is 1. The molecule has 1 atom stereocenters. The van der Waals surface area contributed by atoms with Crippen LogP contribution in [0.1, 0.15) is 21.6 Å². The summed E-state index contributed by atoms with van der Waals surface area (Å²) < 4.78 is 19.9. The number of carbonyl (C=O) groups is 1. The van der Waals surface area contributed by atoms with Gasteiger partial charge in [0.05, 0.1) is 30.0 Å². The SMILES string of the molecule is COc1ccc(N2C(=O)c3cc(C#N)cc(-c4ccc(C)nc4)c3N=C3C2N(C)CCN3C)cc1F. The summed E-state index contributed by atoms with van der Waals surface area (Å²) in [5.41, 5.74) is 3.66. The van der Waals surface area contributed by atoms with Gasteiger partial charge in [0, 0.05) is 54.9 Å². The average molecular weight is 485 g/mol. The molecule has 2 aromatic carbocycles. The Morgan fingerprint density at radius 3 is 2.56 bits per heavy atom. The first-order chi connectivity index (χ1) is 17.3. The summed E-state index contributed by atoms with van der Waals surface area (Å²) in [6.07, 6.45) is 1.14. The summed E-state index contributed by atoms with van der Waals surface area (Å²) in [5, 5.41) is 9.77. The Morgan fingerprint density at radius 2 is 1.89 bits per heavy atom. The molecule has 1 fully saturated rings. The van der Waals surface area contributed by atoms with E-state index in [2.05, 4.69) is 11.1 Å². The van der Waals surface area contributed by atoms with Crippen molar-refractivity contribution in [2.24, 2.45) is 4.99 Å². The molecule has 0 saturated carbocycles. The summed E-state index contributed by atoms with van der Waals surface area (Å²) in [5.74, 6) is -0.211. The minimum absolute atomic E-state index is 0.0883. The standard InChI is InChI=1S/C27H25FN6O2/c1-16-5-6-18(15-30-16)20-11-17(14-29)12-21-24(20)31-25-26(33(3)10-9-32(25)2)34(27(21)35)19-7-8-23(36-4)22(28)13-19/h5-8,11-13,15,26H,9-10H2,1-4H3. The number of aryl methyl sites for hydroxylation is 1. The van der Waals surface area contributed by atoms with Crippen LogP contribution in [0.15, 0.2) is 53.7 Å². The van der Waals surface area contributed by atoms with E-state index in [0.717, 1.165) is 11.3 Å². The van der Waals surface area contributed by atoms with E-state index in [9.17, 15) is 14.4 Å². The van der Waals surface area contributed by atoms with Gasteiger partial charge in [0.15, 0.2) is 11.6 Å². The molecule has 2 aliphatic heterocycles. The summed E-state index contributed by atoms with van der Waals surface area (Å²) in [6, 6.07) is 13.7. The maximum atomic E-state index is 14.8. The number of anilines is 1. The number of nitrogens with zero attached hydrogens (tertiary/aromatic N) is 6. The van der Waals surface area contributed by atoms with Gasteiger partial charge in [-0.25, -0.2) is 9.38 Å². The van der Waals surface area contributed by atoms with Crippen LogP contribution in [0.4, 0.5) is 15.8 Å². The van der Waals surface area contributed by atoms with Gasteiger partial charge in [0.2, 0.25) is 0 Å². The number of aromatic nitrogens is 1. The number of benzene rings is 2. The molecule has 3 heterocycles. The summed E-state index contributed by atoms with van der Waals surface area (Å²) in [4.78, 5) is 29.2. The molecule has 8 nitrogen and oxygen atoms in total. The fourth-order valence-corrected chi connectivity index (χ4v) is 4.64. The minimum atomic E-state index is -0.578. The predicted octanol–water partition coefficient (Wildman–Crippen LogP) is 3.97. The van der Waals surface area contributed by atoms with Crippen LogP contribution in [0.3, 0.4) is 0 Å². The zero-order valence-corrected chi connectivity index (χ0v) is 20.5. The summed E-state index contributed by atoms with van der Waals surface area (Å²) in [6.45, 7) is 3.28. The van der Waals surface area contributed by atoms with Crippen LogP contribution in [0.5, 0.6) is 5.75 Å². The molecule has 0 spiro atoms. The molecule has 0 radical (unpaired) electrons. The van der Waals surface area contributed by atoms with E-state index in [1.54, 1.807) is 29.3 Å². The number of ether oxygens (including phenoxy) is 1. The Balaban J connectivity index is 1.80. The number of methoxy groups -OCH3 is 1. The Bertz CT molecular complexity index is 1430. The van der Waals surface area contributed by atoms with Crippen molar-refractivity contribution < 1.29 is 13.9 Å². The van der Waals surface area contributed by atoms with Gasteiger partial charge in [-0.05, 0) is 44.3 Å². The van der Waals surface area contributed by atoms with Crippen LogP contribution in [-0.2, 0) is 0 Å². The molecular weight excluding hydrogens is 459 g/mol. The Hall–Kier alpha value is -4.29. The molecule has 1 aromatic heterocycles. The molecule has 1 amide bonds. The first-order valence-corrected chi connectivity index (χ1v) is 11.5. The third-order valence-electron chi connectivity index (χ3n) is 6.62. The predicted molar refractivity (Wildman–Crippen MR) is 135 cm³/mol. The van der Waals surface area contributed by atoms with Crippen molar-refractivity contribution in [1.29, 1.82) is 5.26 Å². The van der Waals surface area contributed by atoms with Gasteiger partial charge < -0.3 is 9.64 Å². The lowest BCUT2D eigenvalue weighted by molar-refractivity contribution is 0.0949. The van der Waals surface area contributed by atoms with Gasteiger partial charge in [-0.1, -0.05) is 6.07 Å². The fourth-order valence-electron chi connectivity index (χ4n) is 4.64. The maximum absolute atomic E-state index is 14.8. The summed E-state index contributed by atoms with van der Waals surface area (Å²) in [7, 11) is 5.23. The number of nitriles is 1. The van der Waals surface area contributed by atoms with Crippen molar-refractivity contribution in [1.82, 2.24) is 14.8 Å². The smallest absolute Gasteiger partial charge is 0.262 e. The second kappa shape index (κ2) is 9.06. The molecule has 36 heavy (non-hydrogen) atoms. The van der Waals surface area contributed by atoms with E-state index in [4.69, 9.17) is 9.73 Å². The molecule has 5 rings (SSSR count). The highest BCUT2D eigenvalue weighted by molar-refractivity contribution is 6.17. The molecule has 182 valence electrons. The number of amidine groups is 1. The lowest BCUT2D eigenvalue weighted by Gasteiger charge is -2.44. The highest BCUT2D eigenvalue weighted by Gasteiger charge is 2.41. The Labute approximate surface area is 208 Å². The largest absolute Gasteiger partial charge is 0.494 e. The third-order valence-corrected chi connectivity index (χ3v) is 6.62. The number of halogens is 1. The van der Waals surface area contributed by atoms with Gasteiger partial charge >= 0.3 is 0 Å². The van der Waals surface area contributed by atoms with Crippen LogP contribution in [0.25, 0.3) is 11.1 Å². The van der Waals surface area contributed by atoms with E-state index in [1.165, 1.54) is 19.2 Å². The number of hydrogen-bond acceptors (Lipinski definition) is 7. The first-order valence-electron chi connectivity index (χ1n) is 11.5. The average Bonchev–Trinajstić information content (AvgIpc) is 3.01. The summed E-state index contributed by atoms with van der Waals surface area (Å²) >= 11 is 0. The van der Waals surface area contributed by atoms with Crippen LogP contribution in [0.2, 0.25) is 0 Å². The van der Waals surface area contributed by atoms with Gasteiger partial charge in [0.1, 0.15) is 12.0 Å². The van der Waals surface area contributed by atoms with E-state index in [1.807, 2.05) is 43.0 Å². The van der Waals surface area contributed by atoms with Crippen LogP contribution in [0, 0.1) is 24.1 Å². The van der Waals surface area contributed by atoms with E-state index >= 15 is 0 Å². The van der Waals surface area contributed by atoms with Gasteiger partial charge in [-0.3, -0.25) is 19.6 Å². The van der Waals surface area contributed by atoms with E-state index in [-0.39, 0.29) is 17.2 Å². The van der Waals surface area contributed by atoms with Crippen molar-refractivity contribution in [2.45, 2.75) is 13.1 Å². The molecule has 1 saturated heterocycles. The number of pyridine rings is 1. The van der Waals surface area contributed by atoms with Crippen molar-refractivity contribution in [3.63, 3.8) is 0 Å². The van der Waals surface area contributed by atoms with Crippen LogP contribution in [-0.4, -0.2) is 67.0 Å². The number of hydrogen-bond donors (Lipinski definition) is 0. The topological polar surface area (TPSA) is 85.1 Å². The lowest BCUT2D eigenvalue weighted by atomic mass is 9.97. The van der Waals surface area contributed by atoms with Crippen molar-refractivity contribution in [3.8, 4) is 22.9 Å². The highest BCUT2D eigenvalue weighted by atomic mass is 19.1. The van der Waals surface area contributed by atoms with Gasteiger partial charge in [-0.15, -0.1) is 0 Å². The second-order valence-electron chi connectivity index (χ2n) is 8.96. The Morgan fingerprint density at radius 1 is 1.11 bits per heavy atom. The molecule has 9 heteroatoms. The number of likely N-dealkylation sites (N-methyl/N-ethyl adjacent to an activating group) is 2. The lowest BCUT2D eigenvalue weighted by Crippen LogP contribution is -2.62. The monoisotopic (exact) mass is 484 g/mol. The molecule has 0 aliphatic carbocycles. The maximum Gasteiger partial charge on any atom is 0.262 e. The zero-order valence-electron chi connectivity index (χ0n) is 20.5. The normalized spacial score (nSPS) is 17.6. The molecule has 0 bridgehead atoms. The second-order valence-corrected chi connectivity index (χ2v) is 8.96. The van der Waals surface area contributed by atoms with Gasteiger partial charge in [0.25, 0.3) is 5.91 Å². The fraction of sp³-hybridized carbons (Fsp3) is 0.259. The molecule has 2 aliphatic rings. The third kappa shape index (κ3) is 3.85. The minimum Gasteiger partial charge on any atom is -0.494 e. The molecule has 0 N–H and O–H groups in total. The molecular formula is C27H25FN6O2. The van der Waals surface area contributed by atoms with E-state index in [0.29, 0.717) is 41.4 Å². The number of amides is 1. The van der Waals surface area contributed by atoms with Gasteiger partial charge in [-0.2, -0.15) is 5.26 Å². The number of fused-ring (bicyclic) bond motifs is 2.